The first-order valence-corrected chi connectivity index (χ1v) is 6.22. The van der Waals surface area contributed by atoms with Crippen LogP contribution in [0.25, 0.3) is 11.0 Å². The molecular weight excluding hydrogens is 246 g/mol. The largest absolute Gasteiger partial charge is 0.394 e. The number of nitrogens with zero attached hydrogens (tertiary/aromatic N) is 2. The Morgan fingerprint density at radius 2 is 2.47 bits per heavy atom. The Balaban J connectivity index is 1.89. The summed E-state index contributed by atoms with van der Waals surface area (Å²) in [5.74, 6) is -0.0844. The zero-order valence-corrected chi connectivity index (χ0v) is 10.4. The molecule has 1 aromatic heterocycles. The van der Waals surface area contributed by atoms with E-state index in [9.17, 15) is 9.90 Å². The van der Waals surface area contributed by atoms with Crippen LogP contribution in [0.15, 0.2) is 24.5 Å². The van der Waals surface area contributed by atoms with Crippen molar-refractivity contribution in [2.75, 3.05) is 26.4 Å². The maximum atomic E-state index is 12.5. The zero-order valence-electron chi connectivity index (χ0n) is 10.4. The molecule has 1 unspecified atom stereocenters. The number of hydrogen-bond acceptors (Lipinski definition) is 4. The molecule has 0 radical (unpaired) electrons. The maximum absolute atomic E-state index is 12.5. The summed E-state index contributed by atoms with van der Waals surface area (Å²) in [7, 11) is 0. The van der Waals surface area contributed by atoms with E-state index in [2.05, 4.69) is 9.97 Å². The van der Waals surface area contributed by atoms with Gasteiger partial charge in [-0.2, -0.15) is 0 Å². The average Bonchev–Trinajstić information content (AvgIpc) is 2.93. The van der Waals surface area contributed by atoms with Crippen LogP contribution in [0.2, 0.25) is 0 Å². The van der Waals surface area contributed by atoms with E-state index in [1.807, 2.05) is 6.07 Å². The molecule has 1 amide bonds. The molecule has 100 valence electrons. The van der Waals surface area contributed by atoms with Crippen LogP contribution in [0, 0.1) is 0 Å². The van der Waals surface area contributed by atoms with Gasteiger partial charge in [0.25, 0.3) is 5.91 Å². The standard InChI is InChI=1S/C13H15N3O3/c17-6-10-7-19-4-3-16(10)13(18)9-1-2-11-12(5-9)15-8-14-11/h1-2,5,8,10,17H,3-4,6-7H2,(H,14,15). The van der Waals surface area contributed by atoms with Gasteiger partial charge < -0.3 is 19.7 Å². The van der Waals surface area contributed by atoms with Gasteiger partial charge in [-0.15, -0.1) is 0 Å². The van der Waals surface area contributed by atoms with Gasteiger partial charge in [-0.1, -0.05) is 0 Å². The highest BCUT2D eigenvalue weighted by Crippen LogP contribution is 2.16. The first-order valence-electron chi connectivity index (χ1n) is 6.22. The van der Waals surface area contributed by atoms with Crippen LogP contribution in [0.5, 0.6) is 0 Å². The molecule has 6 nitrogen and oxygen atoms in total. The third kappa shape index (κ3) is 2.20. The normalized spacial score (nSPS) is 19.8. The van der Waals surface area contributed by atoms with Gasteiger partial charge in [0.05, 0.1) is 43.2 Å². The highest BCUT2D eigenvalue weighted by atomic mass is 16.5. The summed E-state index contributed by atoms with van der Waals surface area (Å²) in [5.41, 5.74) is 2.26. The number of carbonyl (C=O) groups is 1. The number of benzene rings is 1. The Morgan fingerprint density at radius 1 is 1.58 bits per heavy atom. The number of carbonyl (C=O) groups excluding carboxylic acids is 1. The van der Waals surface area contributed by atoms with E-state index in [-0.39, 0.29) is 18.6 Å². The van der Waals surface area contributed by atoms with Crippen molar-refractivity contribution in [3.8, 4) is 0 Å². The second-order valence-electron chi connectivity index (χ2n) is 4.54. The predicted octanol–water partition coefficient (Wildman–Crippen LogP) is 0.396. The topological polar surface area (TPSA) is 78.5 Å². The van der Waals surface area contributed by atoms with Gasteiger partial charge in [-0.3, -0.25) is 4.79 Å². The number of aromatic nitrogens is 2. The number of imidazole rings is 1. The first kappa shape index (κ1) is 12.1. The number of H-pyrrole nitrogens is 1. The monoisotopic (exact) mass is 261 g/mol. The van der Waals surface area contributed by atoms with Crippen molar-refractivity contribution in [3.05, 3.63) is 30.1 Å². The van der Waals surface area contributed by atoms with E-state index in [1.165, 1.54) is 0 Å². The molecule has 1 aliphatic rings. The van der Waals surface area contributed by atoms with Gasteiger partial charge in [0.15, 0.2) is 0 Å². The molecule has 0 spiro atoms. The molecule has 1 aromatic carbocycles. The van der Waals surface area contributed by atoms with E-state index >= 15 is 0 Å². The quantitative estimate of drug-likeness (QED) is 0.820. The van der Waals surface area contributed by atoms with E-state index in [0.717, 1.165) is 11.0 Å². The molecule has 0 bridgehead atoms. The van der Waals surface area contributed by atoms with Gasteiger partial charge in [-0.25, -0.2) is 4.98 Å². The fourth-order valence-electron chi connectivity index (χ4n) is 2.31. The van der Waals surface area contributed by atoms with Crippen LogP contribution in [-0.2, 0) is 4.74 Å². The van der Waals surface area contributed by atoms with Crippen molar-refractivity contribution in [1.82, 2.24) is 14.9 Å². The number of ether oxygens (including phenoxy) is 1. The minimum atomic E-state index is -0.265. The fraction of sp³-hybridized carbons (Fsp3) is 0.385. The molecule has 0 saturated carbocycles. The second-order valence-corrected chi connectivity index (χ2v) is 4.54. The maximum Gasteiger partial charge on any atom is 0.254 e. The molecule has 2 N–H and O–H groups in total. The van der Waals surface area contributed by atoms with E-state index < -0.39 is 0 Å². The van der Waals surface area contributed by atoms with Gasteiger partial charge in [0.1, 0.15) is 0 Å². The lowest BCUT2D eigenvalue weighted by Gasteiger charge is -2.34. The number of aromatic amines is 1. The van der Waals surface area contributed by atoms with Crippen LogP contribution in [-0.4, -0.2) is 58.3 Å². The Kier molecular flexibility index (Phi) is 3.18. The summed E-state index contributed by atoms with van der Waals surface area (Å²) in [4.78, 5) is 21.2. The SMILES string of the molecule is O=C(c1ccc2nc[nH]c2c1)N1CCOCC1CO. The molecule has 2 aromatic rings. The van der Waals surface area contributed by atoms with Gasteiger partial charge in [0, 0.05) is 12.1 Å². The number of fused-ring (bicyclic) bond motifs is 1. The summed E-state index contributed by atoms with van der Waals surface area (Å²) in [6.07, 6.45) is 1.60. The Bertz CT molecular complexity index is 596. The van der Waals surface area contributed by atoms with E-state index in [0.29, 0.717) is 25.3 Å². The number of rotatable bonds is 2. The van der Waals surface area contributed by atoms with Crippen molar-refractivity contribution < 1.29 is 14.6 Å². The van der Waals surface area contributed by atoms with Crippen LogP contribution >= 0.6 is 0 Å². The van der Waals surface area contributed by atoms with E-state index in [1.54, 1.807) is 23.4 Å². The highest BCUT2D eigenvalue weighted by molar-refractivity contribution is 5.97. The summed E-state index contributed by atoms with van der Waals surface area (Å²) in [6, 6.07) is 5.09. The molecule has 1 atom stereocenters. The van der Waals surface area contributed by atoms with Crippen molar-refractivity contribution >= 4 is 16.9 Å². The molecule has 1 saturated heterocycles. The number of amides is 1. The van der Waals surface area contributed by atoms with Crippen molar-refractivity contribution in [2.24, 2.45) is 0 Å². The Hall–Kier alpha value is -1.92. The summed E-state index contributed by atoms with van der Waals surface area (Å²) in [5, 5.41) is 9.31. The van der Waals surface area contributed by atoms with Crippen molar-refractivity contribution in [2.45, 2.75) is 6.04 Å². The van der Waals surface area contributed by atoms with Gasteiger partial charge in [0.2, 0.25) is 0 Å². The smallest absolute Gasteiger partial charge is 0.254 e. The summed E-state index contributed by atoms with van der Waals surface area (Å²) in [6.45, 7) is 1.31. The molecule has 1 aliphatic heterocycles. The van der Waals surface area contributed by atoms with Gasteiger partial charge >= 0.3 is 0 Å². The number of morpholine rings is 1. The number of hydrogen-bond donors (Lipinski definition) is 2. The number of aliphatic hydroxyl groups excluding tert-OH is 1. The first-order chi connectivity index (χ1) is 9.29. The lowest BCUT2D eigenvalue weighted by atomic mass is 10.1. The minimum absolute atomic E-state index is 0.0844. The third-order valence-corrected chi connectivity index (χ3v) is 3.37. The summed E-state index contributed by atoms with van der Waals surface area (Å²) >= 11 is 0. The molecule has 3 rings (SSSR count). The molecular formula is C13H15N3O3. The van der Waals surface area contributed by atoms with Gasteiger partial charge in [-0.05, 0) is 18.2 Å². The zero-order chi connectivity index (χ0) is 13.2. The van der Waals surface area contributed by atoms with Crippen LogP contribution in [0.4, 0.5) is 0 Å². The van der Waals surface area contributed by atoms with Crippen molar-refractivity contribution in [1.29, 1.82) is 0 Å². The third-order valence-electron chi connectivity index (χ3n) is 3.37. The minimum Gasteiger partial charge on any atom is -0.394 e. The molecule has 0 aliphatic carbocycles. The lowest BCUT2D eigenvalue weighted by molar-refractivity contribution is -0.0183. The Morgan fingerprint density at radius 3 is 3.32 bits per heavy atom. The number of nitrogens with one attached hydrogen (secondary N) is 1. The van der Waals surface area contributed by atoms with Crippen LogP contribution in [0.1, 0.15) is 10.4 Å². The van der Waals surface area contributed by atoms with E-state index in [4.69, 9.17) is 4.74 Å². The fourth-order valence-corrected chi connectivity index (χ4v) is 2.31. The summed E-state index contributed by atoms with van der Waals surface area (Å²) < 4.78 is 5.28. The average molecular weight is 261 g/mol. The highest BCUT2D eigenvalue weighted by Gasteiger charge is 2.27. The molecule has 2 heterocycles. The van der Waals surface area contributed by atoms with Crippen LogP contribution in [0.3, 0.4) is 0 Å². The lowest BCUT2D eigenvalue weighted by Crippen LogP contribution is -2.50. The van der Waals surface area contributed by atoms with Crippen LogP contribution < -0.4 is 0 Å². The Labute approximate surface area is 110 Å². The van der Waals surface area contributed by atoms with Crippen molar-refractivity contribution in [3.63, 3.8) is 0 Å². The molecule has 19 heavy (non-hydrogen) atoms. The predicted molar refractivity (Wildman–Crippen MR) is 68.8 cm³/mol. The second kappa shape index (κ2) is 4.99. The molecule has 1 fully saturated rings. The molecule has 6 heteroatoms. The number of aliphatic hydroxyl groups is 1.